The van der Waals surface area contributed by atoms with Gasteiger partial charge < -0.3 is 9.53 Å². The number of unbranched alkanes of at least 4 members (excludes halogenated alkanes) is 2. The van der Waals surface area contributed by atoms with Crippen molar-refractivity contribution in [3.8, 4) is 0 Å². The van der Waals surface area contributed by atoms with Crippen LogP contribution in [0.15, 0.2) is 11.6 Å². The number of cyclic esters (lactones) is 1. The number of carbonyl (C=O) groups excluding carboxylic acids is 2. The third-order valence-corrected chi connectivity index (χ3v) is 1.78. The minimum Gasteiger partial charge on any atom is -0.462 e. The number of rotatable bonds is 4. The fourth-order valence-electron chi connectivity index (χ4n) is 1.11. The highest BCUT2D eigenvalue weighted by molar-refractivity contribution is 5.90. The smallest absolute Gasteiger partial charge is 0.333 e. The Bertz CT molecular complexity index is 206. The second kappa shape index (κ2) is 4.70. The average Bonchev–Trinajstić information content (AvgIpc) is 2.46. The van der Waals surface area contributed by atoms with Crippen LogP contribution in [-0.2, 0) is 14.3 Å². The van der Waals surface area contributed by atoms with Gasteiger partial charge in [-0.3, -0.25) is 0 Å². The largest absolute Gasteiger partial charge is 0.462 e. The van der Waals surface area contributed by atoms with Crippen molar-refractivity contribution >= 4 is 12.3 Å². The lowest BCUT2D eigenvalue weighted by Gasteiger charge is -1.91. The highest BCUT2D eigenvalue weighted by atomic mass is 16.5. The number of aldehydes is 1. The van der Waals surface area contributed by atoms with Crippen molar-refractivity contribution in [3.05, 3.63) is 11.6 Å². The summed E-state index contributed by atoms with van der Waals surface area (Å²) < 4.78 is 4.75. The molecule has 3 heteroatoms. The van der Waals surface area contributed by atoms with Crippen LogP contribution in [0.2, 0.25) is 0 Å². The molecule has 0 spiro atoms. The van der Waals surface area contributed by atoms with E-state index >= 15 is 0 Å². The van der Waals surface area contributed by atoms with Crippen LogP contribution < -0.4 is 0 Å². The fourth-order valence-corrected chi connectivity index (χ4v) is 1.11. The van der Waals surface area contributed by atoms with Gasteiger partial charge in [0.2, 0.25) is 0 Å². The Morgan fingerprint density at radius 1 is 1.42 bits per heavy atom. The molecular formula is C9H12O3. The van der Waals surface area contributed by atoms with Crippen molar-refractivity contribution in [2.45, 2.75) is 25.7 Å². The standard InChI is InChI=1S/C9H12O3/c10-6-3-1-2-4-8-5-7-12-9(8)11/h4,6H,1-3,5,7H2/b8-4-. The molecule has 0 unspecified atom stereocenters. The van der Waals surface area contributed by atoms with E-state index in [-0.39, 0.29) is 5.97 Å². The molecule has 1 fully saturated rings. The number of allylic oxidation sites excluding steroid dienone is 1. The van der Waals surface area contributed by atoms with E-state index in [9.17, 15) is 9.59 Å². The highest BCUT2D eigenvalue weighted by Crippen LogP contribution is 2.14. The van der Waals surface area contributed by atoms with Crippen LogP contribution in [0.3, 0.4) is 0 Å². The second-order valence-corrected chi connectivity index (χ2v) is 2.71. The summed E-state index contributed by atoms with van der Waals surface area (Å²) in [5.74, 6) is -0.193. The van der Waals surface area contributed by atoms with Gasteiger partial charge in [-0.05, 0) is 12.8 Å². The number of hydrogen-bond donors (Lipinski definition) is 0. The average molecular weight is 168 g/mol. The molecule has 0 aromatic rings. The molecule has 0 radical (unpaired) electrons. The zero-order valence-electron chi connectivity index (χ0n) is 6.91. The number of carbonyl (C=O) groups is 2. The van der Waals surface area contributed by atoms with E-state index in [1.165, 1.54) is 0 Å². The molecule has 0 bridgehead atoms. The minimum atomic E-state index is -0.193. The van der Waals surface area contributed by atoms with Crippen LogP contribution in [0, 0.1) is 0 Å². The summed E-state index contributed by atoms with van der Waals surface area (Å²) in [5.41, 5.74) is 0.765. The predicted octanol–water partition coefficient (Wildman–Crippen LogP) is 1.23. The molecule has 0 saturated carbocycles. The zero-order valence-corrected chi connectivity index (χ0v) is 6.91. The Kier molecular flexibility index (Phi) is 3.51. The molecule has 1 saturated heterocycles. The van der Waals surface area contributed by atoms with Gasteiger partial charge in [0.25, 0.3) is 0 Å². The predicted molar refractivity (Wildman–Crippen MR) is 43.6 cm³/mol. The first kappa shape index (κ1) is 8.97. The maximum Gasteiger partial charge on any atom is 0.333 e. The zero-order chi connectivity index (χ0) is 8.81. The summed E-state index contributed by atoms with van der Waals surface area (Å²) in [6, 6.07) is 0. The van der Waals surface area contributed by atoms with Gasteiger partial charge in [-0.1, -0.05) is 6.08 Å². The summed E-state index contributed by atoms with van der Waals surface area (Å²) >= 11 is 0. The van der Waals surface area contributed by atoms with Crippen molar-refractivity contribution in [1.29, 1.82) is 0 Å². The van der Waals surface area contributed by atoms with E-state index in [1.807, 2.05) is 6.08 Å². The van der Waals surface area contributed by atoms with E-state index in [0.29, 0.717) is 13.0 Å². The molecule has 3 nitrogen and oxygen atoms in total. The van der Waals surface area contributed by atoms with Gasteiger partial charge in [0, 0.05) is 18.4 Å². The summed E-state index contributed by atoms with van der Waals surface area (Å²) in [7, 11) is 0. The van der Waals surface area contributed by atoms with Crippen LogP contribution in [0.5, 0.6) is 0 Å². The van der Waals surface area contributed by atoms with Gasteiger partial charge in [0.15, 0.2) is 0 Å². The molecule has 1 rings (SSSR count). The van der Waals surface area contributed by atoms with Crippen molar-refractivity contribution in [2.24, 2.45) is 0 Å². The molecular weight excluding hydrogens is 156 g/mol. The van der Waals surface area contributed by atoms with Gasteiger partial charge >= 0.3 is 5.97 Å². The first-order chi connectivity index (χ1) is 5.84. The normalized spacial score (nSPS) is 19.7. The van der Waals surface area contributed by atoms with E-state index < -0.39 is 0 Å². The van der Waals surface area contributed by atoms with E-state index in [1.54, 1.807) is 0 Å². The number of ether oxygens (including phenoxy) is 1. The van der Waals surface area contributed by atoms with Crippen molar-refractivity contribution in [1.82, 2.24) is 0 Å². The first-order valence-corrected chi connectivity index (χ1v) is 4.14. The molecule has 0 atom stereocenters. The van der Waals surface area contributed by atoms with E-state index in [0.717, 1.165) is 31.1 Å². The third-order valence-electron chi connectivity index (χ3n) is 1.78. The summed E-state index contributed by atoms with van der Waals surface area (Å²) in [5, 5.41) is 0. The summed E-state index contributed by atoms with van der Waals surface area (Å²) in [6.45, 7) is 0.512. The number of esters is 1. The molecule has 0 amide bonds. The Labute approximate surface area is 71.4 Å². The Hall–Kier alpha value is -1.12. The minimum absolute atomic E-state index is 0.193. The van der Waals surface area contributed by atoms with Gasteiger partial charge in [-0.25, -0.2) is 4.79 Å². The molecule has 12 heavy (non-hydrogen) atoms. The summed E-state index contributed by atoms with van der Waals surface area (Å²) in [4.78, 5) is 20.8. The second-order valence-electron chi connectivity index (χ2n) is 2.71. The van der Waals surface area contributed by atoms with Crippen LogP contribution in [0.25, 0.3) is 0 Å². The third kappa shape index (κ3) is 2.49. The molecule has 0 aromatic carbocycles. The lowest BCUT2D eigenvalue weighted by molar-refractivity contribution is -0.135. The van der Waals surface area contributed by atoms with Crippen molar-refractivity contribution < 1.29 is 14.3 Å². The van der Waals surface area contributed by atoms with E-state index in [2.05, 4.69) is 0 Å². The van der Waals surface area contributed by atoms with E-state index in [4.69, 9.17) is 4.74 Å². The van der Waals surface area contributed by atoms with Crippen LogP contribution >= 0.6 is 0 Å². The Balaban J connectivity index is 2.26. The molecule has 66 valence electrons. The van der Waals surface area contributed by atoms with Gasteiger partial charge in [0.05, 0.1) is 6.61 Å². The summed E-state index contributed by atoms with van der Waals surface area (Å²) in [6.07, 6.45) is 5.67. The molecule has 0 N–H and O–H groups in total. The molecule has 1 heterocycles. The number of hydrogen-bond acceptors (Lipinski definition) is 3. The van der Waals surface area contributed by atoms with Gasteiger partial charge in [0.1, 0.15) is 6.29 Å². The molecule has 1 aliphatic heterocycles. The Morgan fingerprint density at radius 2 is 2.25 bits per heavy atom. The maximum absolute atomic E-state index is 10.9. The van der Waals surface area contributed by atoms with Crippen molar-refractivity contribution in [2.75, 3.05) is 6.61 Å². The van der Waals surface area contributed by atoms with Crippen LogP contribution in [0.4, 0.5) is 0 Å². The van der Waals surface area contributed by atoms with Crippen LogP contribution in [0.1, 0.15) is 25.7 Å². The quantitative estimate of drug-likeness (QED) is 0.274. The van der Waals surface area contributed by atoms with Crippen molar-refractivity contribution in [3.63, 3.8) is 0 Å². The maximum atomic E-state index is 10.9. The van der Waals surface area contributed by atoms with Gasteiger partial charge in [-0.2, -0.15) is 0 Å². The fraction of sp³-hybridized carbons (Fsp3) is 0.556. The topological polar surface area (TPSA) is 43.4 Å². The Morgan fingerprint density at radius 3 is 2.83 bits per heavy atom. The highest BCUT2D eigenvalue weighted by Gasteiger charge is 2.17. The molecule has 0 aromatic heterocycles. The van der Waals surface area contributed by atoms with Gasteiger partial charge in [-0.15, -0.1) is 0 Å². The first-order valence-electron chi connectivity index (χ1n) is 4.14. The van der Waals surface area contributed by atoms with Crippen LogP contribution in [-0.4, -0.2) is 18.9 Å². The molecule has 0 aliphatic carbocycles. The SMILES string of the molecule is O=CCCC/C=C1/CCOC1=O. The lowest BCUT2D eigenvalue weighted by atomic mass is 10.1. The molecule has 1 aliphatic rings. The lowest BCUT2D eigenvalue weighted by Crippen LogP contribution is -1.94. The monoisotopic (exact) mass is 168 g/mol.